The maximum atomic E-state index is 11.9. The zero-order valence-electron chi connectivity index (χ0n) is 14.8. The van der Waals surface area contributed by atoms with Gasteiger partial charge in [0.25, 0.3) is 0 Å². The van der Waals surface area contributed by atoms with Crippen LogP contribution in [0.1, 0.15) is 29.4 Å². The highest BCUT2D eigenvalue weighted by molar-refractivity contribution is 5.73. The van der Waals surface area contributed by atoms with E-state index in [1.807, 2.05) is 55.9 Å². The van der Waals surface area contributed by atoms with Crippen LogP contribution in [0.4, 0.5) is 4.79 Å². The summed E-state index contributed by atoms with van der Waals surface area (Å²) in [5, 5.41) is 20.4. The molecule has 2 aromatic rings. The minimum Gasteiger partial charge on any atom is -0.384 e. The smallest absolute Gasteiger partial charge is 0.314 e. The zero-order chi connectivity index (χ0) is 17.7. The molecule has 6 nitrogen and oxygen atoms in total. The van der Waals surface area contributed by atoms with E-state index in [2.05, 4.69) is 15.7 Å². The summed E-state index contributed by atoms with van der Waals surface area (Å²) in [6.45, 7) is 6.34. The average Bonchev–Trinajstić information content (AvgIpc) is 2.80. The Morgan fingerprint density at radius 2 is 1.92 bits per heavy atom. The molecule has 3 N–H and O–H groups in total. The van der Waals surface area contributed by atoms with Gasteiger partial charge in [0.2, 0.25) is 0 Å². The molecular weight excluding hydrogens is 304 g/mol. The van der Waals surface area contributed by atoms with Crippen LogP contribution in [0, 0.1) is 13.8 Å². The van der Waals surface area contributed by atoms with E-state index in [4.69, 9.17) is 0 Å². The quantitative estimate of drug-likeness (QED) is 0.755. The van der Waals surface area contributed by atoms with Crippen LogP contribution in [0.15, 0.2) is 30.3 Å². The molecule has 1 unspecified atom stereocenters. The fourth-order valence-electron chi connectivity index (χ4n) is 2.69. The van der Waals surface area contributed by atoms with Crippen LogP contribution >= 0.6 is 0 Å². The normalized spacial score (nSPS) is 13.4. The Labute approximate surface area is 142 Å². The predicted molar refractivity (Wildman–Crippen MR) is 93.8 cm³/mol. The van der Waals surface area contributed by atoms with Crippen LogP contribution in [0.25, 0.3) is 0 Å². The van der Waals surface area contributed by atoms with E-state index in [1.54, 1.807) is 6.92 Å². The van der Waals surface area contributed by atoms with Gasteiger partial charge in [-0.1, -0.05) is 30.3 Å². The maximum absolute atomic E-state index is 11.9. The highest BCUT2D eigenvalue weighted by atomic mass is 16.3. The number of carbonyl (C=O) groups excluding carboxylic acids is 1. The lowest BCUT2D eigenvalue weighted by atomic mass is 9.96. The van der Waals surface area contributed by atoms with Gasteiger partial charge in [0, 0.05) is 19.3 Å². The van der Waals surface area contributed by atoms with Gasteiger partial charge in [-0.05, 0) is 38.3 Å². The van der Waals surface area contributed by atoms with Gasteiger partial charge in [0.15, 0.2) is 0 Å². The maximum Gasteiger partial charge on any atom is 0.314 e. The summed E-state index contributed by atoms with van der Waals surface area (Å²) >= 11 is 0. The van der Waals surface area contributed by atoms with E-state index in [1.165, 1.54) is 0 Å². The first-order chi connectivity index (χ1) is 11.3. The minimum absolute atomic E-state index is 0.147. The van der Waals surface area contributed by atoms with E-state index in [0.29, 0.717) is 6.54 Å². The van der Waals surface area contributed by atoms with Crippen LogP contribution in [0.2, 0.25) is 0 Å². The van der Waals surface area contributed by atoms with Gasteiger partial charge in [-0.25, -0.2) is 4.79 Å². The van der Waals surface area contributed by atoms with Crippen molar-refractivity contribution in [3.05, 3.63) is 52.8 Å². The van der Waals surface area contributed by atoms with Gasteiger partial charge in [0.1, 0.15) is 5.60 Å². The number of rotatable bonds is 6. The topological polar surface area (TPSA) is 79.2 Å². The molecule has 1 atom stereocenters. The standard InChI is InChI=1S/C18H26N4O2/c1-13-16(14(2)22(4)21-13)10-11-19-17(23)20-12-18(3,24)15-8-6-5-7-9-15/h5-9,24H,10-12H2,1-4H3,(H2,19,20,23). The Hall–Kier alpha value is -2.34. The first kappa shape index (κ1) is 18.0. The molecule has 0 spiro atoms. The van der Waals surface area contributed by atoms with Crippen LogP contribution in [-0.2, 0) is 19.1 Å². The minimum atomic E-state index is -1.10. The molecule has 1 aromatic carbocycles. The molecule has 6 heteroatoms. The van der Waals surface area contributed by atoms with Gasteiger partial charge in [-0.2, -0.15) is 5.10 Å². The van der Waals surface area contributed by atoms with E-state index in [9.17, 15) is 9.90 Å². The lowest BCUT2D eigenvalue weighted by molar-refractivity contribution is 0.0594. The summed E-state index contributed by atoms with van der Waals surface area (Å²) in [5.41, 5.74) is 2.93. The summed E-state index contributed by atoms with van der Waals surface area (Å²) in [6, 6.07) is 9.01. The molecule has 1 aromatic heterocycles. The fourth-order valence-corrected chi connectivity index (χ4v) is 2.69. The number of aliphatic hydroxyl groups is 1. The molecule has 0 bridgehead atoms. The number of hydrogen-bond acceptors (Lipinski definition) is 3. The van der Waals surface area contributed by atoms with Crippen molar-refractivity contribution in [2.24, 2.45) is 7.05 Å². The largest absolute Gasteiger partial charge is 0.384 e. The number of hydrogen-bond donors (Lipinski definition) is 3. The van der Waals surface area contributed by atoms with Crippen molar-refractivity contribution in [2.45, 2.75) is 32.8 Å². The molecule has 0 aliphatic rings. The lowest BCUT2D eigenvalue weighted by Crippen LogP contribution is -2.44. The summed E-state index contributed by atoms with van der Waals surface area (Å²) in [4.78, 5) is 11.9. The predicted octanol–water partition coefficient (Wildman–Crippen LogP) is 1.79. The third kappa shape index (κ3) is 4.35. The highest BCUT2D eigenvalue weighted by Crippen LogP contribution is 2.18. The first-order valence-corrected chi connectivity index (χ1v) is 8.10. The third-order valence-corrected chi connectivity index (χ3v) is 4.31. The molecule has 0 saturated carbocycles. The monoisotopic (exact) mass is 330 g/mol. The van der Waals surface area contributed by atoms with Crippen molar-refractivity contribution in [3.63, 3.8) is 0 Å². The van der Waals surface area contributed by atoms with Crippen molar-refractivity contribution < 1.29 is 9.90 Å². The molecule has 130 valence electrons. The number of urea groups is 1. The molecule has 0 radical (unpaired) electrons. The van der Waals surface area contributed by atoms with E-state index in [-0.39, 0.29) is 12.6 Å². The van der Waals surface area contributed by atoms with E-state index < -0.39 is 5.60 Å². The summed E-state index contributed by atoms with van der Waals surface area (Å²) in [5.74, 6) is 0. The number of nitrogens with one attached hydrogen (secondary N) is 2. The van der Waals surface area contributed by atoms with Crippen molar-refractivity contribution in [2.75, 3.05) is 13.1 Å². The number of benzene rings is 1. The zero-order valence-corrected chi connectivity index (χ0v) is 14.8. The fraction of sp³-hybridized carbons (Fsp3) is 0.444. The van der Waals surface area contributed by atoms with Crippen LogP contribution in [0.3, 0.4) is 0 Å². The Morgan fingerprint density at radius 3 is 2.50 bits per heavy atom. The van der Waals surface area contributed by atoms with Gasteiger partial charge < -0.3 is 15.7 Å². The molecule has 24 heavy (non-hydrogen) atoms. The van der Waals surface area contributed by atoms with E-state index in [0.717, 1.165) is 28.9 Å². The number of amides is 2. The van der Waals surface area contributed by atoms with Crippen molar-refractivity contribution in [3.8, 4) is 0 Å². The van der Waals surface area contributed by atoms with Crippen molar-refractivity contribution in [1.29, 1.82) is 0 Å². The lowest BCUT2D eigenvalue weighted by Gasteiger charge is -2.24. The Morgan fingerprint density at radius 1 is 1.25 bits per heavy atom. The molecular formula is C18H26N4O2. The molecule has 0 aliphatic heterocycles. The Balaban J connectivity index is 1.79. The van der Waals surface area contributed by atoms with E-state index >= 15 is 0 Å². The number of aryl methyl sites for hydroxylation is 2. The van der Waals surface area contributed by atoms with Crippen LogP contribution in [-0.4, -0.2) is 34.0 Å². The molecule has 0 aliphatic carbocycles. The van der Waals surface area contributed by atoms with Crippen LogP contribution in [0.5, 0.6) is 0 Å². The molecule has 0 fully saturated rings. The number of aromatic nitrogens is 2. The molecule has 1 heterocycles. The summed E-state index contributed by atoms with van der Waals surface area (Å²) in [6.07, 6.45) is 0.730. The second-order valence-electron chi connectivity index (χ2n) is 6.27. The van der Waals surface area contributed by atoms with Crippen molar-refractivity contribution >= 4 is 6.03 Å². The molecule has 0 saturated heterocycles. The Bertz CT molecular complexity index is 693. The third-order valence-electron chi connectivity index (χ3n) is 4.31. The Kier molecular flexibility index (Phi) is 5.62. The number of carbonyl (C=O) groups is 1. The second kappa shape index (κ2) is 7.49. The van der Waals surface area contributed by atoms with Crippen LogP contribution < -0.4 is 10.6 Å². The van der Waals surface area contributed by atoms with Crippen molar-refractivity contribution in [1.82, 2.24) is 20.4 Å². The molecule has 2 rings (SSSR count). The number of nitrogens with zero attached hydrogens (tertiary/aromatic N) is 2. The van der Waals surface area contributed by atoms with Gasteiger partial charge in [-0.3, -0.25) is 4.68 Å². The van der Waals surface area contributed by atoms with Gasteiger partial charge in [0.05, 0.1) is 12.2 Å². The summed E-state index contributed by atoms with van der Waals surface area (Å²) < 4.78 is 1.85. The highest BCUT2D eigenvalue weighted by Gasteiger charge is 2.23. The SMILES string of the molecule is Cc1nn(C)c(C)c1CCNC(=O)NCC(C)(O)c1ccccc1. The summed E-state index contributed by atoms with van der Waals surface area (Å²) in [7, 11) is 1.91. The van der Waals surface area contributed by atoms with Gasteiger partial charge >= 0.3 is 6.03 Å². The average molecular weight is 330 g/mol. The van der Waals surface area contributed by atoms with Gasteiger partial charge in [-0.15, -0.1) is 0 Å². The second-order valence-corrected chi connectivity index (χ2v) is 6.27. The molecule has 2 amide bonds. The first-order valence-electron chi connectivity index (χ1n) is 8.10.